The summed E-state index contributed by atoms with van der Waals surface area (Å²) in [6.07, 6.45) is 5.15. The largest absolute Gasteiger partial charge is 0.303 e. The predicted molar refractivity (Wildman–Crippen MR) is 43.9 cm³/mol. The zero-order valence-electron chi connectivity index (χ0n) is 7.05. The lowest BCUT2D eigenvalue weighted by Gasteiger charge is -2.01. The Morgan fingerprint density at radius 3 is 2.60 bits per heavy atom. The van der Waals surface area contributed by atoms with Crippen LogP contribution in [0.2, 0.25) is 0 Å². The van der Waals surface area contributed by atoms with Crippen LogP contribution in [0.4, 0.5) is 0 Å². The fraction of sp³-hybridized carbons (Fsp3) is 0.667. The van der Waals surface area contributed by atoms with Crippen molar-refractivity contribution in [1.29, 1.82) is 0 Å². The van der Waals surface area contributed by atoms with E-state index < -0.39 is 0 Å². The van der Waals surface area contributed by atoms with E-state index in [0.29, 0.717) is 0 Å². The molecule has 0 aromatic rings. The average Bonchev–Trinajstić information content (AvgIpc) is 1.88. The summed E-state index contributed by atoms with van der Waals surface area (Å²) in [7, 11) is 0. The summed E-state index contributed by atoms with van der Waals surface area (Å²) in [6.45, 7) is 6.12. The fourth-order valence-electron chi connectivity index (χ4n) is 0.988. The molecule has 0 aliphatic carbocycles. The van der Waals surface area contributed by atoms with Crippen molar-refractivity contribution in [3.8, 4) is 0 Å². The Labute approximate surface area is 63.1 Å². The van der Waals surface area contributed by atoms with Gasteiger partial charge in [0.05, 0.1) is 0 Å². The molecule has 0 saturated heterocycles. The van der Waals surface area contributed by atoms with Gasteiger partial charge in [0.15, 0.2) is 0 Å². The summed E-state index contributed by atoms with van der Waals surface area (Å²) in [5, 5.41) is 0. The van der Waals surface area contributed by atoms with E-state index in [2.05, 4.69) is 19.9 Å². The van der Waals surface area contributed by atoms with Gasteiger partial charge in [0, 0.05) is 5.92 Å². The van der Waals surface area contributed by atoms with Crippen molar-refractivity contribution < 1.29 is 4.79 Å². The molecule has 58 valence electrons. The molecular weight excluding hydrogens is 124 g/mol. The SMILES string of the molecule is CC/C=C(\C)C[C@H](C)C=O. The van der Waals surface area contributed by atoms with Crippen molar-refractivity contribution in [2.24, 2.45) is 5.92 Å². The second kappa shape index (κ2) is 5.21. The topological polar surface area (TPSA) is 17.1 Å². The fourth-order valence-corrected chi connectivity index (χ4v) is 0.988. The molecule has 0 spiro atoms. The van der Waals surface area contributed by atoms with E-state index in [1.807, 2.05) is 6.92 Å². The Bertz CT molecular complexity index is 125. The highest BCUT2D eigenvalue weighted by Gasteiger charge is 1.98. The van der Waals surface area contributed by atoms with Gasteiger partial charge in [-0.25, -0.2) is 0 Å². The normalized spacial score (nSPS) is 14.9. The van der Waals surface area contributed by atoms with Crippen LogP contribution in [0.15, 0.2) is 11.6 Å². The minimum atomic E-state index is 0.183. The molecule has 0 rings (SSSR count). The number of carbonyl (C=O) groups is 1. The van der Waals surface area contributed by atoms with E-state index in [1.54, 1.807) is 0 Å². The molecule has 1 atom stereocenters. The molecule has 0 radical (unpaired) electrons. The highest BCUT2D eigenvalue weighted by atomic mass is 16.1. The van der Waals surface area contributed by atoms with Crippen molar-refractivity contribution in [2.75, 3.05) is 0 Å². The lowest BCUT2D eigenvalue weighted by atomic mass is 10.0. The van der Waals surface area contributed by atoms with Gasteiger partial charge in [-0.1, -0.05) is 25.5 Å². The Morgan fingerprint density at radius 1 is 1.60 bits per heavy atom. The molecule has 0 N–H and O–H groups in total. The highest BCUT2D eigenvalue weighted by molar-refractivity contribution is 5.53. The van der Waals surface area contributed by atoms with Crippen LogP contribution in [-0.2, 0) is 4.79 Å². The monoisotopic (exact) mass is 140 g/mol. The molecule has 0 aromatic carbocycles. The Balaban J connectivity index is 3.66. The van der Waals surface area contributed by atoms with Gasteiger partial charge < -0.3 is 4.79 Å². The van der Waals surface area contributed by atoms with Crippen molar-refractivity contribution in [1.82, 2.24) is 0 Å². The standard InChI is InChI=1S/C9H16O/c1-4-5-8(2)6-9(3)7-10/h5,7,9H,4,6H2,1-3H3/b8-5+/t9-/m0/s1. The lowest BCUT2D eigenvalue weighted by molar-refractivity contribution is -0.110. The lowest BCUT2D eigenvalue weighted by Crippen LogP contribution is -1.95. The maximum atomic E-state index is 10.2. The van der Waals surface area contributed by atoms with Crippen LogP contribution >= 0.6 is 0 Å². The van der Waals surface area contributed by atoms with Crippen molar-refractivity contribution >= 4 is 6.29 Å². The number of hydrogen-bond acceptors (Lipinski definition) is 1. The Kier molecular flexibility index (Phi) is 4.91. The van der Waals surface area contributed by atoms with Gasteiger partial charge in [0.1, 0.15) is 6.29 Å². The van der Waals surface area contributed by atoms with E-state index in [1.165, 1.54) is 5.57 Å². The zero-order chi connectivity index (χ0) is 7.98. The first-order chi connectivity index (χ1) is 4.70. The minimum absolute atomic E-state index is 0.183. The molecule has 0 fully saturated rings. The average molecular weight is 140 g/mol. The quantitative estimate of drug-likeness (QED) is 0.433. The smallest absolute Gasteiger partial charge is 0.123 e. The molecule has 0 heterocycles. The summed E-state index contributed by atoms with van der Waals surface area (Å²) >= 11 is 0. The number of allylic oxidation sites excluding steroid dienone is 2. The number of aldehydes is 1. The second-order valence-electron chi connectivity index (χ2n) is 2.78. The van der Waals surface area contributed by atoms with Crippen LogP contribution in [0.25, 0.3) is 0 Å². The highest BCUT2D eigenvalue weighted by Crippen LogP contribution is 2.08. The molecule has 1 nitrogen and oxygen atoms in total. The van der Waals surface area contributed by atoms with E-state index in [4.69, 9.17) is 0 Å². The van der Waals surface area contributed by atoms with Gasteiger partial charge in [-0.2, -0.15) is 0 Å². The summed E-state index contributed by atoms with van der Waals surface area (Å²) in [6, 6.07) is 0. The van der Waals surface area contributed by atoms with Crippen molar-refractivity contribution in [2.45, 2.75) is 33.6 Å². The summed E-state index contributed by atoms with van der Waals surface area (Å²) in [5.74, 6) is 0.183. The van der Waals surface area contributed by atoms with Crippen LogP contribution in [0, 0.1) is 5.92 Å². The van der Waals surface area contributed by atoms with Crippen molar-refractivity contribution in [3.63, 3.8) is 0 Å². The maximum absolute atomic E-state index is 10.2. The molecule has 0 saturated carbocycles. The van der Waals surface area contributed by atoms with Crippen LogP contribution in [0.1, 0.15) is 33.6 Å². The van der Waals surface area contributed by atoms with E-state index in [0.717, 1.165) is 19.1 Å². The first kappa shape index (κ1) is 9.41. The molecule has 0 unspecified atom stereocenters. The summed E-state index contributed by atoms with van der Waals surface area (Å²) in [4.78, 5) is 10.2. The summed E-state index contributed by atoms with van der Waals surface area (Å²) < 4.78 is 0. The van der Waals surface area contributed by atoms with E-state index >= 15 is 0 Å². The first-order valence-electron chi connectivity index (χ1n) is 3.81. The molecule has 10 heavy (non-hydrogen) atoms. The van der Waals surface area contributed by atoms with Gasteiger partial charge in [-0.15, -0.1) is 0 Å². The number of hydrogen-bond donors (Lipinski definition) is 0. The zero-order valence-corrected chi connectivity index (χ0v) is 7.05. The van der Waals surface area contributed by atoms with Gasteiger partial charge >= 0.3 is 0 Å². The third-order valence-corrected chi connectivity index (χ3v) is 1.43. The minimum Gasteiger partial charge on any atom is -0.303 e. The van der Waals surface area contributed by atoms with Gasteiger partial charge in [-0.3, -0.25) is 0 Å². The van der Waals surface area contributed by atoms with Crippen LogP contribution in [0.5, 0.6) is 0 Å². The summed E-state index contributed by atoms with van der Waals surface area (Å²) in [5.41, 5.74) is 1.32. The molecule has 0 aromatic heterocycles. The number of rotatable bonds is 4. The molecule has 1 heteroatoms. The molecule has 0 aliphatic rings. The van der Waals surface area contributed by atoms with Crippen LogP contribution in [0.3, 0.4) is 0 Å². The van der Waals surface area contributed by atoms with E-state index in [9.17, 15) is 4.79 Å². The van der Waals surface area contributed by atoms with E-state index in [-0.39, 0.29) is 5.92 Å². The third-order valence-electron chi connectivity index (χ3n) is 1.43. The predicted octanol–water partition coefficient (Wildman–Crippen LogP) is 2.57. The molecule has 0 aliphatic heterocycles. The first-order valence-corrected chi connectivity index (χ1v) is 3.81. The Morgan fingerprint density at radius 2 is 2.20 bits per heavy atom. The van der Waals surface area contributed by atoms with Crippen molar-refractivity contribution in [3.05, 3.63) is 11.6 Å². The van der Waals surface area contributed by atoms with Gasteiger partial charge in [0.2, 0.25) is 0 Å². The van der Waals surface area contributed by atoms with Gasteiger partial charge in [0.25, 0.3) is 0 Å². The second-order valence-corrected chi connectivity index (χ2v) is 2.78. The third kappa shape index (κ3) is 4.30. The van der Waals surface area contributed by atoms with Crippen LogP contribution < -0.4 is 0 Å². The maximum Gasteiger partial charge on any atom is 0.123 e. The number of carbonyl (C=O) groups excluding carboxylic acids is 1. The molecule has 0 amide bonds. The molecular formula is C9H16O. The molecule has 0 bridgehead atoms. The van der Waals surface area contributed by atoms with Crippen LogP contribution in [-0.4, -0.2) is 6.29 Å². The van der Waals surface area contributed by atoms with Gasteiger partial charge in [-0.05, 0) is 19.8 Å². The Hall–Kier alpha value is -0.590.